The van der Waals surface area contributed by atoms with Crippen LogP contribution in [0.2, 0.25) is 0 Å². The molecule has 3 amide bonds. The maximum absolute atomic E-state index is 12.9. The predicted molar refractivity (Wildman–Crippen MR) is 131 cm³/mol. The first-order chi connectivity index (χ1) is 16.7. The highest BCUT2D eigenvalue weighted by atomic mass is 16.5. The van der Waals surface area contributed by atoms with Gasteiger partial charge in [0.05, 0.1) is 22.7 Å². The number of ether oxygens (including phenoxy) is 1. The van der Waals surface area contributed by atoms with Gasteiger partial charge >= 0.3 is 5.97 Å². The SMILES string of the molecule is Cc1ccc(C)c(N2C[C@@H](C(=O)Oc3ccc(N4C(=O)c5ccccc5C4=O)c(C)c3)CC2=O)c1. The lowest BCUT2D eigenvalue weighted by atomic mass is 10.1. The zero-order chi connectivity index (χ0) is 24.9. The Hall–Kier alpha value is -4.26. The summed E-state index contributed by atoms with van der Waals surface area (Å²) in [6, 6.07) is 17.4. The second kappa shape index (κ2) is 8.51. The smallest absolute Gasteiger partial charge is 0.316 e. The van der Waals surface area contributed by atoms with E-state index >= 15 is 0 Å². The van der Waals surface area contributed by atoms with Crippen LogP contribution in [0.4, 0.5) is 11.4 Å². The largest absolute Gasteiger partial charge is 0.426 e. The lowest BCUT2D eigenvalue weighted by molar-refractivity contribution is -0.139. The van der Waals surface area contributed by atoms with Gasteiger partial charge in [-0.15, -0.1) is 0 Å². The topological polar surface area (TPSA) is 84.0 Å². The summed E-state index contributed by atoms with van der Waals surface area (Å²) in [5.74, 6) is -1.65. The molecule has 5 rings (SSSR count). The Morgan fingerprint density at radius 1 is 0.829 bits per heavy atom. The van der Waals surface area contributed by atoms with Crippen LogP contribution in [-0.2, 0) is 9.59 Å². The molecule has 0 saturated carbocycles. The normalized spacial score (nSPS) is 17.2. The summed E-state index contributed by atoms with van der Waals surface area (Å²) < 4.78 is 5.59. The molecule has 176 valence electrons. The molecule has 35 heavy (non-hydrogen) atoms. The molecule has 3 aromatic carbocycles. The number of anilines is 2. The number of amides is 3. The summed E-state index contributed by atoms with van der Waals surface area (Å²) in [5.41, 5.74) is 4.61. The molecule has 2 aliphatic heterocycles. The van der Waals surface area contributed by atoms with Gasteiger partial charge in [-0.3, -0.25) is 19.2 Å². The van der Waals surface area contributed by atoms with Crippen molar-refractivity contribution in [1.29, 1.82) is 0 Å². The third-order valence-corrected chi connectivity index (χ3v) is 6.54. The Morgan fingerprint density at radius 3 is 2.17 bits per heavy atom. The highest BCUT2D eigenvalue weighted by Gasteiger charge is 2.38. The van der Waals surface area contributed by atoms with E-state index in [1.807, 2.05) is 32.0 Å². The lowest BCUT2D eigenvalue weighted by Gasteiger charge is -2.20. The van der Waals surface area contributed by atoms with E-state index in [1.54, 1.807) is 54.3 Å². The summed E-state index contributed by atoms with van der Waals surface area (Å²) in [6.45, 7) is 5.90. The Bertz CT molecular complexity index is 1380. The highest BCUT2D eigenvalue weighted by molar-refractivity contribution is 6.34. The molecule has 0 aliphatic carbocycles. The number of carbonyl (C=O) groups is 4. The van der Waals surface area contributed by atoms with E-state index < -0.39 is 11.9 Å². The van der Waals surface area contributed by atoms with Gasteiger partial charge < -0.3 is 9.64 Å². The third-order valence-electron chi connectivity index (χ3n) is 6.54. The standard InChI is InChI=1S/C28H24N2O5/c1-16-8-9-17(2)24(12-16)29-15-19(14-25(29)31)28(34)35-20-10-11-23(18(3)13-20)30-26(32)21-6-4-5-7-22(21)27(30)33/h4-13,19H,14-15H2,1-3H3/t19-/m0/s1. The third kappa shape index (κ3) is 3.89. The number of imide groups is 1. The van der Waals surface area contributed by atoms with Gasteiger partial charge in [-0.2, -0.15) is 0 Å². The zero-order valence-corrected chi connectivity index (χ0v) is 19.7. The molecule has 1 fully saturated rings. The summed E-state index contributed by atoms with van der Waals surface area (Å²) in [6.07, 6.45) is 0.0817. The fourth-order valence-electron chi connectivity index (χ4n) is 4.66. The van der Waals surface area contributed by atoms with Crippen LogP contribution in [0.15, 0.2) is 60.7 Å². The number of carbonyl (C=O) groups excluding carboxylic acids is 4. The van der Waals surface area contributed by atoms with Crippen molar-refractivity contribution in [3.63, 3.8) is 0 Å². The number of esters is 1. The van der Waals surface area contributed by atoms with E-state index in [4.69, 9.17) is 4.74 Å². The predicted octanol–water partition coefficient (Wildman–Crippen LogP) is 4.37. The minimum Gasteiger partial charge on any atom is -0.426 e. The average molecular weight is 469 g/mol. The molecular formula is C28H24N2O5. The minimum absolute atomic E-state index is 0.0817. The summed E-state index contributed by atoms with van der Waals surface area (Å²) in [7, 11) is 0. The van der Waals surface area contributed by atoms with Crippen molar-refractivity contribution in [1.82, 2.24) is 0 Å². The summed E-state index contributed by atoms with van der Waals surface area (Å²) in [4.78, 5) is 53.9. The first-order valence-electron chi connectivity index (χ1n) is 11.4. The first-order valence-corrected chi connectivity index (χ1v) is 11.4. The van der Waals surface area contributed by atoms with E-state index in [0.29, 0.717) is 28.1 Å². The van der Waals surface area contributed by atoms with Crippen LogP contribution in [0.1, 0.15) is 43.8 Å². The van der Waals surface area contributed by atoms with Crippen LogP contribution in [0.3, 0.4) is 0 Å². The van der Waals surface area contributed by atoms with Gasteiger partial charge in [0.15, 0.2) is 0 Å². The fraction of sp³-hybridized carbons (Fsp3) is 0.214. The molecule has 0 bridgehead atoms. The van der Waals surface area contributed by atoms with Gasteiger partial charge in [0.1, 0.15) is 5.75 Å². The van der Waals surface area contributed by atoms with Gasteiger partial charge in [-0.05, 0) is 73.9 Å². The molecule has 2 heterocycles. The molecule has 0 N–H and O–H groups in total. The molecule has 2 aliphatic rings. The lowest BCUT2D eigenvalue weighted by Crippen LogP contribution is -2.30. The Balaban J connectivity index is 1.31. The van der Waals surface area contributed by atoms with E-state index in [1.165, 1.54) is 0 Å². The molecular weight excluding hydrogens is 444 g/mol. The maximum Gasteiger partial charge on any atom is 0.316 e. The van der Waals surface area contributed by atoms with Crippen molar-refractivity contribution in [2.75, 3.05) is 16.3 Å². The first kappa shape index (κ1) is 22.5. The highest BCUT2D eigenvalue weighted by Crippen LogP contribution is 2.33. The molecule has 7 nitrogen and oxygen atoms in total. The van der Waals surface area contributed by atoms with Crippen molar-refractivity contribution in [2.24, 2.45) is 5.92 Å². The maximum atomic E-state index is 12.9. The Labute approximate surface area is 202 Å². The Kier molecular flexibility index (Phi) is 5.47. The van der Waals surface area contributed by atoms with Crippen LogP contribution in [-0.4, -0.2) is 30.2 Å². The van der Waals surface area contributed by atoms with Gasteiger partial charge in [-0.25, -0.2) is 4.90 Å². The average Bonchev–Trinajstić information content (AvgIpc) is 3.34. The van der Waals surface area contributed by atoms with Gasteiger partial charge in [0, 0.05) is 18.7 Å². The number of nitrogens with zero attached hydrogens (tertiary/aromatic N) is 2. The fourth-order valence-corrected chi connectivity index (χ4v) is 4.66. The van der Waals surface area contributed by atoms with Crippen molar-refractivity contribution in [2.45, 2.75) is 27.2 Å². The van der Waals surface area contributed by atoms with Gasteiger partial charge in [0.25, 0.3) is 11.8 Å². The molecule has 0 spiro atoms. The molecule has 0 unspecified atom stereocenters. The Morgan fingerprint density at radius 2 is 1.51 bits per heavy atom. The molecule has 0 radical (unpaired) electrons. The van der Waals surface area contributed by atoms with Crippen LogP contribution in [0.25, 0.3) is 0 Å². The molecule has 3 aromatic rings. The van der Waals surface area contributed by atoms with Crippen molar-refractivity contribution in [3.8, 4) is 5.75 Å². The quantitative estimate of drug-likeness (QED) is 0.323. The minimum atomic E-state index is -0.585. The van der Waals surface area contributed by atoms with E-state index in [-0.39, 0.29) is 30.7 Å². The number of rotatable bonds is 4. The van der Waals surface area contributed by atoms with Crippen LogP contribution in [0, 0.1) is 26.7 Å². The van der Waals surface area contributed by atoms with Crippen molar-refractivity contribution < 1.29 is 23.9 Å². The summed E-state index contributed by atoms with van der Waals surface area (Å²) in [5, 5.41) is 0. The van der Waals surface area contributed by atoms with Crippen molar-refractivity contribution >= 4 is 35.1 Å². The number of benzene rings is 3. The van der Waals surface area contributed by atoms with Gasteiger partial charge in [0.2, 0.25) is 5.91 Å². The zero-order valence-electron chi connectivity index (χ0n) is 19.7. The second-order valence-electron chi connectivity index (χ2n) is 9.06. The van der Waals surface area contributed by atoms with Gasteiger partial charge in [-0.1, -0.05) is 24.3 Å². The molecule has 1 atom stereocenters. The number of fused-ring (bicyclic) bond motifs is 1. The second-order valence-corrected chi connectivity index (χ2v) is 9.06. The molecule has 1 saturated heterocycles. The van der Waals surface area contributed by atoms with Crippen LogP contribution >= 0.6 is 0 Å². The monoisotopic (exact) mass is 468 g/mol. The van der Waals surface area contributed by atoms with E-state index in [9.17, 15) is 19.2 Å². The van der Waals surface area contributed by atoms with Crippen LogP contribution in [0.5, 0.6) is 5.75 Å². The van der Waals surface area contributed by atoms with Crippen molar-refractivity contribution in [3.05, 3.63) is 88.5 Å². The van der Waals surface area contributed by atoms with E-state index in [2.05, 4.69) is 0 Å². The molecule has 7 heteroatoms. The van der Waals surface area contributed by atoms with E-state index in [0.717, 1.165) is 21.7 Å². The molecule has 0 aromatic heterocycles. The summed E-state index contributed by atoms with van der Waals surface area (Å²) >= 11 is 0. The number of hydrogen-bond acceptors (Lipinski definition) is 5. The number of aryl methyl sites for hydroxylation is 3. The van der Waals surface area contributed by atoms with Crippen LogP contribution < -0.4 is 14.5 Å². The number of hydrogen-bond donors (Lipinski definition) is 0.